The van der Waals surface area contributed by atoms with Crippen LogP contribution in [0.3, 0.4) is 0 Å². The highest BCUT2D eigenvalue weighted by Crippen LogP contribution is 2.16. The van der Waals surface area contributed by atoms with Gasteiger partial charge in [0.25, 0.3) is 0 Å². The topological polar surface area (TPSA) is 60.2 Å². The minimum atomic E-state index is -0.340. The van der Waals surface area contributed by atoms with Gasteiger partial charge < -0.3 is 5.73 Å². The number of ketones is 1. The third-order valence-corrected chi connectivity index (χ3v) is 3.12. The van der Waals surface area contributed by atoms with E-state index in [1.807, 2.05) is 32.1 Å². The number of primary amides is 1. The summed E-state index contributed by atoms with van der Waals surface area (Å²) in [5.41, 5.74) is 8.50. The quantitative estimate of drug-likeness (QED) is 0.790. The molecule has 2 N–H and O–H groups in total. The molecule has 3 heteroatoms. The van der Waals surface area contributed by atoms with Crippen LogP contribution in [0.5, 0.6) is 0 Å². The molecule has 1 aromatic rings. The Bertz CT molecular complexity index is 504. The minimum absolute atomic E-state index is 0.238. The molecular weight excluding hydrogens is 250 g/mol. The van der Waals surface area contributed by atoms with Crippen molar-refractivity contribution in [2.75, 3.05) is 0 Å². The summed E-state index contributed by atoms with van der Waals surface area (Å²) in [4.78, 5) is 22.4. The Balaban J connectivity index is 2.77. The van der Waals surface area contributed by atoms with Gasteiger partial charge in [-0.1, -0.05) is 42.8 Å². The first-order valence-corrected chi connectivity index (χ1v) is 7.09. The monoisotopic (exact) mass is 273 g/mol. The molecule has 0 aliphatic carbocycles. The molecule has 0 heterocycles. The maximum atomic E-state index is 11.6. The molecule has 0 saturated heterocycles. The van der Waals surface area contributed by atoms with Gasteiger partial charge in [0, 0.05) is 19.3 Å². The number of benzene rings is 1. The van der Waals surface area contributed by atoms with Gasteiger partial charge in [-0.15, -0.1) is 0 Å². The summed E-state index contributed by atoms with van der Waals surface area (Å²) < 4.78 is 0. The molecule has 0 radical (unpaired) electrons. The molecule has 0 spiro atoms. The zero-order chi connectivity index (χ0) is 15.0. The molecule has 0 aliphatic heterocycles. The normalized spacial score (nSPS) is 10.9. The van der Waals surface area contributed by atoms with Gasteiger partial charge in [-0.05, 0) is 30.9 Å². The smallest absolute Gasteiger partial charge is 0.221 e. The van der Waals surface area contributed by atoms with Crippen molar-refractivity contribution in [1.29, 1.82) is 0 Å². The highest BCUT2D eigenvalue weighted by Gasteiger charge is 2.05. The van der Waals surface area contributed by atoms with Crippen molar-refractivity contribution in [3.8, 4) is 0 Å². The van der Waals surface area contributed by atoms with Gasteiger partial charge in [0.05, 0.1) is 0 Å². The molecule has 108 valence electrons. The highest BCUT2D eigenvalue weighted by atomic mass is 16.1. The van der Waals surface area contributed by atoms with Gasteiger partial charge >= 0.3 is 0 Å². The van der Waals surface area contributed by atoms with Gasteiger partial charge in [-0.2, -0.15) is 0 Å². The van der Waals surface area contributed by atoms with E-state index in [9.17, 15) is 9.59 Å². The summed E-state index contributed by atoms with van der Waals surface area (Å²) in [7, 11) is 0. The Morgan fingerprint density at radius 3 is 2.65 bits per heavy atom. The average molecular weight is 273 g/mol. The van der Waals surface area contributed by atoms with Gasteiger partial charge in [0.2, 0.25) is 5.91 Å². The first kappa shape index (κ1) is 16.2. The third-order valence-electron chi connectivity index (χ3n) is 3.12. The molecule has 0 bridgehead atoms. The molecule has 20 heavy (non-hydrogen) atoms. The van der Waals surface area contributed by atoms with Crippen molar-refractivity contribution in [2.45, 2.75) is 46.0 Å². The van der Waals surface area contributed by atoms with E-state index < -0.39 is 0 Å². The highest BCUT2D eigenvalue weighted by molar-refractivity contribution is 5.79. The molecule has 0 aliphatic rings. The summed E-state index contributed by atoms with van der Waals surface area (Å²) in [6.45, 7) is 4.05. The van der Waals surface area contributed by atoms with E-state index in [4.69, 9.17) is 5.73 Å². The van der Waals surface area contributed by atoms with Crippen LogP contribution < -0.4 is 5.73 Å². The number of aryl methyl sites for hydroxylation is 2. The molecule has 0 unspecified atom stereocenters. The first-order valence-electron chi connectivity index (χ1n) is 7.09. The summed E-state index contributed by atoms with van der Waals surface area (Å²) >= 11 is 0. The maximum Gasteiger partial charge on any atom is 0.221 e. The molecule has 0 fully saturated rings. The molecule has 1 amide bonds. The second kappa shape index (κ2) is 8.31. The van der Waals surface area contributed by atoms with Crippen LogP contribution in [0.25, 0.3) is 6.08 Å². The summed E-state index contributed by atoms with van der Waals surface area (Å²) in [5, 5.41) is 0. The Morgan fingerprint density at radius 1 is 1.25 bits per heavy atom. The molecule has 1 aromatic carbocycles. The minimum Gasteiger partial charge on any atom is -0.369 e. The zero-order valence-electron chi connectivity index (χ0n) is 12.3. The van der Waals surface area contributed by atoms with Gasteiger partial charge in [0.15, 0.2) is 0 Å². The fourth-order valence-electron chi connectivity index (χ4n) is 2.09. The SMILES string of the molecule is CCCC(=O)CCc1cc(C)ccc1/C=C/CC(N)=O. The van der Waals surface area contributed by atoms with Crippen molar-refractivity contribution < 1.29 is 9.59 Å². The Hall–Kier alpha value is -1.90. The van der Waals surface area contributed by atoms with Crippen LogP contribution in [0, 0.1) is 6.92 Å². The first-order chi connectivity index (χ1) is 9.52. The third kappa shape index (κ3) is 5.83. The fraction of sp³-hybridized carbons (Fsp3) is 0.412. The lowest BCUT2D eigenvalue weighted by Crippen LogP contribution is -2.08. The molecular formula is C17H23NO2. The van der Waals surface area contributed by atoms with Crippen LogP contribution in [-0.4, -0.2) is 11.7 Å². The van der Waals surface area contributed by atoms with Crippen molar-refractivity contribution in [2.24, 2.45) is 5.73 Å². The summed E-state index contributed by atoms with van der Waals surface area (Å²) in [6.07, 6.45) is 6.79. The average Bonchev–Trinajstić information content (AvgIpc) is 2.38. The lowest BCUT2D eigenvalue weighted by atomic mass is 9.98. The van der Waals surface area contributed by atoms with E-state index in [-0.39, 0.29) is 12.3 Å². The van der Waals surface area contributed by atoms with E-state index in [2.05, 4.69) is 6.07 Å². The van der Waals surface area contributed by atoms with Crippen LogP contribution >= 0.6 is 0 Å². The number of hydrogen-bond donors (Lipinski definition) is 1. The maximum absolute atomic E-state index is 11.6. The molecule has 0 aromatic heterocycles. The molecule has 0 atom stereocenters. The van der Waals surface area contributed by atoms with Crippen LogP contribution in [0.15, 0.2) is 24.3 Å². The van der Waals surface area contributed by atoms with Crippen LogP contribution in [0.2, 0.25) is 0 Å². The standard InChI is InChI=1S/C17H23NO2/c1-3-5-16(19)11-10-15-12-13(2)8-9-14(15)6-4-7-17(18)20/h4,6,8-9,12H,3,5,7,10-11H2,1-2H3,(H2,18,20)/b6-4+. The predicted octanol–water partition coefficient (Wildman–Crippen LogP) is 3.19. The van der Waals surface area contributed by atoms with Gasteiger partial charge in [-0.25, -0.2) is 0 Å². The largest absolute Gasteiger partial charge is 0.369 e. The van der Waals surface area contributed by atoms with E-state index in [1.54, 1.807) is 6.08 Å². The second-order valence-electron chi connectivity index (χ2n) is 5.06. The number of nitrogens with two attached hydrogens (primary N) is 1. The van der Waals surface area contributed by atoms with Crippen LogP contribution in [-0.2, 0) is 16.0 Å². The lowest BCUT2D eigenvalue weighted by Gasteiger charge is -2.07. The number of amides is 1. The van der Waals surface area contributed by atoms with Crippen molar-refractivity contribution in [3.05, 3.63) is 41.0 Å². The van der Waals surface area contributed by atoms with Crippen molar-refractivity contribution in [3.63, 3.8) is 0 Å². The Labute approximate surface area is 120 Å². The predicted molar refractivity (Wildman–Crippen MR) is 82.3 cm³/mol. The second-order valence-corrected chi connectivity index (χ2v) is 5.06. The number of rotatable bonds is 8. The van der Waals surface area contributed by atoms with Crippen LogP contribution in [0.1, 0.15) is 49.3 Å². The fourth-order valence-corrected chi connectivity index (χ4v) is 2.09. The van der Waals surface area contributed by atoms with E-state index in [0.29, 0.717) is 18.6 Å². The van der Waals surface area contributed by atoms with Crippen LogP contribution in [0.4, 0.5) is 0 Å². The van der Waals surface area contributed by atoms with Crippen molar-refractivity contribution in [1.82, 2.24) is 0 Å². The number of Topliss-reactive ketones (excluding diaryl/α,β-unsaturated/α-hetero) is 1. The summed E-state index contributed by atoms with van der Waals surface area (Å²) in [5.74, 6) is -0.0332. The van der Waals surface area contributed by atoms with E-state index in [0.717, 1.165) is 24.0 Å². The van der Waals surface area contributed by atoms with E-state index in [1.165, 1.54) is 5.56 Å². The van der Waals surface area contributed by atoms with Crippen molar-refractivity contribution >= 4 is 17.8 Å². The van der Waals surface area contributed by atoms with Gasteiger partial charge in [-0.3, -0.25) is 9.59 Å². The Kier molecular flexibility index (Phi) is 6.71. The molecule has 3 nitrogen and oxygen atoms in total. The number of carbonyl (C=O) groups is 2. The molecule has 0 saturated carbocycles. The lowest BCUT2D eigenvalue weighted by molar-refractivity contribution is -0.119. The number of carbonyl (C=O) groups excluding carboxylic acids is 2. The Morgan fingerprint density at radius 2 is 2.00 bits per heavy atom. The zero-order valence-corrected chi connectivity index (χ0v) is 12.3. The molecule has 1 rings (SSSR count). The van der Waals surface area contributed by atoms with Gasteiger partial charge in [0.1, 0.15) is 5.78 Å². The van der Waals surface area contributed by atoms with E-state index >= 15 is 0 Å². The summed E-state index contributed by atoms with van der Waals surface area (Å²) in [6, 6.07) is 6.15. The number of hydrogen-bond acceptors (Lipinski definition) is 2.